The first-order chi connectivity index (χ1) is 20.3. The molecule has 4 rings (SSSR count). The molecule has 0 spiro atoms. The number of carbonyl (C=O) groups excluding carboxylic acids is 3. The lowest BCUT2D eigenvalue weighted by molar-refractivity contribution is -0.137. The van der Waals surface area contributed by atoms with E-state index in [-0.39, 0.29) is 43.5 Å². The second kappa shape index (κ2) is 14.8. The maximum Gasteiger partial charge on any atom is 0.412 e. The summed E-state index contributed by atoms with van der Waals surface area (Å²) < 4.78 is 19.4. The van der Waals surface area contributed by atoms with Crippen molar-refractivity contribution in [2.75, 3.05) is 11.9 Å². The fourth-order valence-electron chi connectivity index (χ4n) is 4.10. The smallest absolute Gasteiger partial charge is 0.412 e. The number of hydrazine groups is 1. The predicted octanol–water partition coefficient (Wildman–Crippen LogP) is 4.38. The molecule has 2 heterocycles. The van der Waals surface area contributed by atoms with Gasteiger partial charge in [-0.05, 0) is 29.5 Å². The van der Waals surface area contributed by atoms with Crippen LogP contribution in [0.2, 0.25) is 5.02 Å². The molecule has 1 atom stereocenters. The molecule has 0 aliphatic carbocycles. The Bertz CT molecular complexity index is 1540. The zero-order valence-corrected chi connectivity index (χ0v) is 23.5. The number of hydrogen-bond acceptors (Lipinski definition) is 8. The molecular weight excluding hydrogens is 565 g/mol. The molecule has 0 saturated carbocycles. The highest BCUT2D eigenvalue weighted by molar-refractivity contribution is 6.31. The van der Waals surface area contributed by atoms with Crippen molar-refractivity contribution in [3.05, 3.63) is 95.4 Å². The molecule has 2 aromatic carbocycles. The molecule has 218 valence electrons. The van der Waals surface area contributed by atoms with Gasteiger partial charge in [-0.15, -0.1) is 0 Å². The predicted molar refractivity (Wildman–Crippen MR) is 154 cm³/mol. The Morgan fingerprint density at radius 3 is 2.60 bits per heavy atom. The Morgan fingerprint density at radius 2 is 1.83 bits per heavy atom. The summed E-state index contributed by atoms with van der Waals surface area (Å²) in [6.07, 6.45) is 5.58. The number of hydrogen-bond donors (Lipinski definition) is 3. The SMILES string of the molecule is CC(=O)N(NCc1cccc(F)c1Cl)[C@@H](CCC(=O)NCc1cnccn1)COC(=O)Nc1cc2ccccc2cn1. The Balaban J connectivity index is 1.41. The van der Waals surface area contributed by atoms with Crippen LogP contribution in [-0.4, -0.2) is 50.5 Å². The number of benzene rings is 2. The molecule has 3 N–H and O–H groups in total. The Hall–Kier alpha value is -4.68. The molecule has 0 fully saturated rings. The van der Waals surface area contributed by atoms with E-state index in [1.807, 2.05) is 24.3 Å². The summed E-state index contributed by atoms with van der Waals surface area (Å²) in [6, 6.07) is 12.9. The van der Waals surface area contributed by atoms with Crippen LogP contribution in [-0.2, 0) is 27.4 Å². The van der Waals surface area contributed by atoms with Crippen LogP contribution < -0.4 is 16.1 Å². The summed E-state index contributed by atoms with van der Waals surface area (Å²) in [4.78, 5) is 50.2. The quantitative estimate of drug-likeness (QED) is 0.206. The van der Waals surface area contributed by atoms with Crippen molar-refractivity contribution in [2.24, 2.45) is 0 Å². The number of amides is 3. The average molecular weight is 594 g/mol. The highest BCUT2D eigenvalue weighted by Gasteiger charge is 2.24. The van der Waals surface area contributed by atoms with E-state index < -0.39 is 23.9 Å². The molecule has 4 aromatic rings. The van der Waals surface area contributed by atoms with Crippen molar-refractivity contribution < 1.29 is 23.5 Å². The standard InChI is InChI=1S/C29H29ClFN7O4/c1-19(39)38(36-15-22-7-4-8-25(31)28(22)30)24(9-10-27(40)35-17-23-16-32-11-12-33-23)18-42-29(41)37-26-13-20-5-2-3-6-21(20)14-34-26/h2-8,11-14,16,24,36H,9-10,15,17-18H2,1H3,(H,35,40)(H,34,37,41)/t24-/m0/s1. The molecule has 0 radical (unpaired) electrons. The summed E-state index contributed by atoms with van der Waals surface area (Å²) in [6.45, 7) is 1.27. The molecule has 13 heteroatoms. The molecule has 0 aliphatic heterocycles. The third kappa shape index (κ3) is 8.66. The molecule has 42 heavy (non-hydrogen) atoms. The van der Waals surface area contributed by atoms with Crippen LogP contribution in [0.3, 0.4) is 0 Å². The topological polar surface area (TPSA) is 138 Å². The second-order valence-corrected chi connectivity index (χ2v) is 9.62. The van der Waals surface area contributed by atoms with Crippen LogP contribution in [0, 0.1) is 5.82 Å². The zero-order valence-electron chi connectivity index (χ0n) is 22.7. The van der Waals surface area contributed by atoms with Crippen LogP contribution >= 0.6 is 11.6 Å². The summed E-state index contributed by atoms with van der Waals surface area (Å²) >= 11 is 6.08. The first kappa shape index (κ1) is 30.3. The highest BCUT2D eigenvalue weighted by Crippen LogP contribution is 2.20. The van der Waals surface area contributed by atoms with Crippen molar-refractivity contribution >= 4 is 46.1 Å². The molecule has 0 bridgehead atoms. The Kier molecular flexibility index (Phi) is 10.7. The van der Waals surface area contributed by atoms with Crippen molar-refractivity contribution in [3.8, 4) is 0 Å². The van der Waals surface area contributed by atoms with E-state index in [1.165, 1.54) is 36.5 Å². The van der Waals surface area contributed by atoms with E-state index in [0.29, 0.717) is 17.1 Å². The van der Waals surface area contributed by atoms with E-state index >= 15 is 0 Å². The van der Waals surface area contributed by atoms with Gasteiger partial charge < -0.3 is 10.1 Å². The minimum atomic E-state index is -0.786. The monoisotopic (exact) mass is 593 g/mol. The van der Waals surface area contributed by atoms with Crippen molar-refractivity contribution in [1.82, 2.24) is 30.7 Å². The van der Waals surface area contributed by atoms with Crippen LogP contribution in [0.5, 0.6) is 0 Å². The molecule has 2 aromatic heterocycles. The fourth-order valence-corrected chi connectivity index (χ4v) is 4.29. The number of nitrogens with one attached hydrogen (secondary N) is 3. The molecule has 0 unspecified atom stereocenters. The lowest BCUT2D eigenvalue weighted by atomic mass is 10.1. The van der Waals surface area contributed by atoms with E-state index in [4.69, 9.17) is 16.3 Å². The number of nitrogens with zero attached hydrogens (tertiary/aromatic N) is 4. The van der Waals surface area contributed by atoms with E-state index in [2.05, 4.69) is 31.0 Å². The number of pyridine rings is 1. The Labute approximate surface area is 246 Å². The maximum atomic E-state index is 13.9. The van der Waals surface area contributed by atoms with Gasteiger partial charge in [0.2, 0.25) is 11.8 Å². The van der Waals surface area contributed by atoms with Crippen LogP contribution in [0.15, 0.2) is 73.3 Å². The maximum absolute atomic E-state index is 13.9. The number of ether oxygens (including phenoxy) is 1. The van der Waals surface area contributed by atoms with Gasteiger partial charge in [-0.2, -0.15) is 0 Å². The third-order valence-electron chi connectivity index (χ3n) is 6.23. The van der Waals surface area contributed by atoms with Gasteiger partial charge >= 0.3 is 6.09 Å². The first-order valence-electron chi connectivity index (χ1n) is 13.1. The normalized spacial score (nSPS) is 11.5. The summed E-state index contributed by atoms with van der Waals surface area (Å²) in [7, 11) is 0. The van der Waals surface area contributed by atoms with Gasteiger partial charge in [-0.25, -0.2) is 19.6 Å². The van der Waals surface area contributed by atoms with Gasteiger partial charge in [-0.3, -0.25) is 29.9 Å². The van der Waals surface area contributed by atoms with Gasteiger partial charge in [0.25, 0.3) is 0 Å². The van der Waals surface area contributed by atoms with Gasteiger partial charge in [0.05, 0.1) is 29.5 Å². The number of carbonyl (C=O) groups is 3. The van der Waals surface area contributed by atoms with Crippen LogP contribution in [0.4, 0.5) is 15.0 Å². The minimum Gasteiger partial charge on any atom is -0.447 e. The van der Waals surface area contributed by atoms with Crippen LogP contribution in [0.25, 0.3) is 10.8 Å². The molecular formula is C29H29ClFN7O4. The highest BCUT2D eigenvalue weighted by atomic mass is 35.5. The minimum absolute atomic E-state index is 0.00825. The zero-order chi connectivity index (χ0) is 29.9. The van der Waals surface area contributed by atoms with Crippen molar-refractivity contribution in [2.45, 2.75) is 38.9 Å². The van der Waals surface area contributed by atoms with E-state index in [0.717, 1.165) is 10.8 Å². The number of anilines is 1. The summed E-state index contributed by atoms with van der Waals surface area (Å²) in [5.74, 6) is -1.01. The van der Waals surface area contributed by atoms with Crippen molar-refractivity contribution in [3.63, 3.8) is 0 Å². The van der Waals surface area contributed by atoms with Crippen LogP contribution in [0.1, 0.15) is 31.0 Å². The number of rotatable bonds is 12. The fraction of sp³-hybridized carbons (Fsp3) is 0.241. The Morgan fingerprint density at radius 1 is 1.02 bits per heavy atom. The van der Waals surface area contributed by atoms with Gasteiger partial charge in [-0.1, -0.05) is 48.0 Å². The largest absolute Gasteiger partial charge is 0.447 e. The summed E-state index contributed by atoms with van der Waals surface area (Å²) in [5, 5.41) is 8.31. The summed E-state index contributed by atoms with van der Waals surface area (Å²) in [5.41, 5.74) is 3.94. The average Bonchev–Trinajstić information content (AvgIpc) is 2.99. The van der Waals surface area contributed by atoms with E-state index in [9.17, 15) is 18.8 Å². The van der Waals surface area contributed by atoms with E-state index in [1.54, 1.807) is 24.5 Å². The number of fused-ring (bicyclic) bond motifs is 1. The molecule has 3 amide bonds. The number of halogens is 2. The second-order valence-electron chi connectivity index (χ2n) is 9.24. The lowest BCUT2D eigenvalue weighted by Gasteiger charge is -2.31. The first-order valence-corrected chi connectivity index (χ1v) is 13.4. The van der Waals surface area contributed by atoms with Gasteiger partial charge in [0, 0.05) is 43.9 Å². The van der Waals surface area contributed by atoms with Gasteiger partial charge in [0.15, 0.2) is 0 Å². The lowest BCUT2D eigenvalue weighted by Crippen LogP contribution is -2.51. The number of aromatic nitrogens is 3. The van der Waals surface area contributed by atoms with Crippen molar-refractivity contribution in [1.29, 1.82) is 0 Å². The molecule has 11 nitrogen and oxygen atoms in total. The molecule has 0 aliphatic rings. The molecule has 0 saturated heterocycles. The third-order valence-corrected chi connectivity index (χ3v) is 6.65. The van der Waals surface area contributed by atoms with Gasteiger partial charge in [0.1, 0.15) is 18.2 Å².